The van der Waals surface area contributed by atoms with Crippen molar-refractivity contribution in [3.05, 3.63) is 59.4 Å². The van der Waals surface area contributed by atoms with Gasteiger partial charge >= 0.3 is 0 Å². The van der Waals surface area contributed by atoms with E-state index in [2.05, 4.69) is 14.9 Å². The summed E-state index contributed by atoms with van der Waals surface area (Å²) in [6.45, 7) is 9.41. The van der Waals surface area contributed by atoms with E-state index in [-0.39, 0.29) is 11.7 Å². The summed E-state index contributed by atoms with van der Waals surface area (Å²) < 4.78 is 21.4. The van der Waals surface area contributed by atoms with Gasteiger partial charge in [0.05, 0.1) is 24.6 Å². The van der Waals surface area contributed by atoms with Gasteiger partial charge in [-0.3, -0.25) is 4.79 Å². The lowest BCUT2D eigenvalue weighted by Crippen LogP contribution is -2.49. The van der Waals surface area contributed by atoms with Crippen molar-refractivity contribution in [3.8, 4) is 5.82 Å². The van der Waals surface area contributed by atoms with Crippen molar-refractivity contribution in [1.29, 1.82) is 0 Å². The van der Waals surface area contributed by atoms with Gasteiger partial charge in [0.2, 0.25) is 5.91 Å². The predicted octanol–water partition coefficient (Wildman–Crippen LogP) is 2.54. The van der Waals surface area contributed by atoms with Crippen molar-refractivity contribution in [3.63, 3.8) is 0 Å². The number of morpholine rings is 1. The monoisotopic (exact) mass is 493 g/mol. The number of carbonyl (C=O) groups is 1. The van der Waals surface area contributed by atoms with E-state index >= 15 is 0 Å². The van der Waals surface area contributed by atoms with Crippen molar-refractivity contribution in [2.45, 2.75) is 26.7 Å². The molecule has 0 aliphatic carbocycles. The van der Waals surface area contributed by atoms with Crippen LogP contribution in [0.1, 0.15) is 23.4 Å². The van der Waals surface area contributed by atoms with Gasteiger partial charge in [-0.2, -0.15) is 5.10 Å². The molecule has 1 aromatic carbocycles. The van der Waals surface area contributed by atoms with E-state index in [1.165, 1.54) is 6.07 Å². The third-order valence-corrected chi connectivity index (χ3v) is 7.05. The summed E-state index contributed by atoms with van der Waals surface area (Å²) in [6, 6.07) is 8.75. The predicted molar refractivity (Wildman–Crippen MR) is 135 cm³/mol. The zero-order valence-corrected chi connectivity index (χ0v) is 20.9. The van der Waals surface area contributed by atoms with Crippen LogP contribution in [0, 0.1) is 19.7 Å². The standard InChI is InChI=1S/C26H32FN7O2/c1-19-21(7-8-26(35)33-11-9-31(10-12-33)23-6-4-3-5-22(23)27)20(2)34(30-19)25-17-24(28-18-29-25)32-13-15-36-16-14-32/h3-6,17-18H,7-16H2,1-2H3. The molecule has 0 spiro atoms. The molecule has 2 aromatic heterocycles. The molecule has 0 N–H and O–H groups in total. The zero-order chi connectivity index (χ0) is 25.1. The number of benzene rings is 1. The minimum Gasteiger partial charge on any atom is -0.378 e. The summed E-state index contributed by atoms with van der Waals surface area (Å²) in [6.07, 6.45) is 2.60. The van der Waals surface area contributed by atoms with Gasteiger partial charge in [-0.15, -0.1) is 0 Å². The fourth-order valence-electron chi connectivity index (χ4n) is 4.97. The molecule has 190 valence electrons. The number of carbonyl (C=O) groups excluding carboxylic acids is 1. The number of halogens is 1. The second-order valence-electron chi connectivity index (χ2n) is 9.21. The summed E-state index contributed by atoms with van der Waals surface area (Å²) in [5, 5.41) is 4.72. The van der Waals surface area contributed by atoms with Crippen molar-refractivity contribution >= 4 is 17.4 Å². The van der Waals surface area contributed by atoms with Gasteiger partial charge in [0.15, 0.2) is 5.82 Å². The van der Waals surface area contributed by atoms with Crippen LogP contribution in [0.3, 0.4) is 0 Å². The number of rotatable bonds is 6. The van der Waals surface area contributed by atoms with Crippen LogP contribution in [-0.4, -0.2) is 83.0 Å². The average Bonchev–Trinajstić information content (AvgIpc) is 3.21. The molecule has 2 aliphatic heterocycles. The molecular formula is C26H32FN7O2. The highest BCUT2D eigenvalue weighted by Gasteiger charge is 2.24. The van der Waals surface area contributed by atoms with Crippen molar-refractivity contribution in [2.75, 3.05) is 62.3 Å². The molecule has 0 saturated carbocycles. The fourth-order valence-corrected chi connectivity index (χ4v) is 4.97. The van der Waals surface area contributed by atoms with Gasteiger partial charge in [-0.25, -0.2) is 19.0 Å². The second kappa shape index (κ2) is 10.6. The quantitative estimate of drug-likeness (QED) is 0.522. The highest BCUT2D eigenvalue weighted by atomic mass is 19.1. The Morgan fingerprint density at radius 1 is 0.972 bits per heavy atom. The van der Waals surface area contributed by atoms with Crippen LogP contribution in [-0.2, 0) is 16.0 Å². The molecule has 4 heterocycles. The minimum atomic E-state index is -0.221. The fraction of sp³-hybridized carbons (Fsp3) is 0.462. The van der Waals surface area contributed by atoms with Gasteiger partial charge in [0, 0.05) is 57.4 Å². The summed E-state index contributed by atoms with van der Waals surface area (Å²) in [7, 11) is 0. The Kier molecular flexibility index (Phi) is 7.13. The van der Waals surface area contributed by atoms with Crippen LogP contribution < -0.4 is 9.80 Å². The van der Waals surface area contributed by atoms with Gasteiger partial charge in [0.1, 0.15) is 18.0 Å². The number of aryl methyl sites for hydroxylation is 1. The van der Waals surface area contributed by atoms with E-state index < -0.39 is 0 Å². The molecule has 0 unspecified atom stereocenters. The highest BCUT2D eigenvalue weighted by molar-refractivity contribution is 5.77. The number of nitrogens with zero attached hydrogens (tertiary/aromatic N) is 7. The third kappa shape index (κ3) is 5.04. The Bertz CT molecular complexity index is 1220. The number of amides is 1. The first-order chi connectivity index (χ1) is 17.5. The van der Waals surface area contributed by atoms with Crippen LogP contribution in [0.25, 0.3) is 5.82 Å². The number of aromatic nitrogens is 4. The van der Waals surface area contributed by atoms with Crippen molar-refractivity contribution in [1.82, 2.24) is 24.6 Å². The first-order valence-electron chi connectivity index (χ1n) is 12.5. The van der Waals surface area contributed by atoms with Crippen molar-refractivity contribution < 1.29 is 13.9 Å². The van der Waals surface area contributed by atoms with Crippen LogP contribution in [0.2, 0.25) is 0 Å². The molecule has 0 atom stereocenters. The number of anilines is 2. The summed E-state index contributed by atoms with van der Waals surface area (Å²) in [5.74, 6) is 1.48. The molecule has 5 rings (SSSR count). The van der Waals surface area contributed by atoms with Gasteiger partial charge in [-0.05, 0) is 38.0 Å². The molecule has 2 saturated heterocycles. The molecule has 1 amide bonds. The SMILES string of the molecule is Cc1nn(-c2cc(N3CCOCC3)ncn2)c(C)c1CCC(=O)N1CCN(c2ccccc2F)CC1. The number of ether oxygens (including phenoxy) is 1. The van der Waals surface area contributed by atoms with E-state index in [1.54, 1.807) is 18.5 Å². The maximum Gasteiger partial charge on any atom is 0.223 e. The maximum atomic E-state index is 14.1. The van der Waals surface area contributed by atoms with Crippen LogP contribution in [0.5, 0.6) is 0 Å². The average molecular weight is 494 g/mol. The topological polar surface area (TPSA) is 79.6 Å². The highest BCUT2D eigenvalue weighted by Crippen LogP contribution is 2.23. The minimum absolute atomic E-state index is 0.117. The van der Waals surface area contributed by atoms with Crippen LogP contribution in [0.15, 0.2) is 36.7 Å². The smallest absolute Gasteiger partial charge is 0.223 e. The molecule has 0 radical (unpaired) electrons. The van der Waals surface area contributed by atoms with E-state index in [4.69, 9.17) is 9.84 Å². The Morgan fingerprint density at radius 2 is 1.69 bits per heavy atom. The van der Waals surface area contributed by atoms with E-state index in [0.717, 1.165) is 35.9 Å². The Morgan fingerprint density at radius 3 is 2.44 bits per heavy atom. The molecule has 2 aliphatic rings. The molecule has 10 heteroatoms. The molecule has 0 bridgehead atoms. The molecule has 9 nitrogen and oxygen atoms in total. The van der Waals surface area contributed by atoms with E-state index in [1.807, 2.05) is 40.5 Å². The first kappa shape index (κ1) is 24.2. The van der Waals surface area contributed by atoms with Crippen LogP contribution >= 0.6 is 0 Å². The second-order valence-corrected chi connectivity index (χ2v) is 9.21. The van der Waals surface area contributed by atoms with Crippen LogP contribution in [0.4, 0.5) is 15.9 Å². The summed E-state index contributed by atoms with van der Waals surface area (Å²) in [4.78, 5) is 27.9. The summed E-state index contributed by atoms with van der Waals surface area (Å²) in [5.41, 5.74) is 3.55. The molecular weight excluding hydrogens is 461 g/mol. The zero-order valence-electron chi connectivity index (χ0n) is 20.9. The largest absolute Gasteiger partial charge is 0.378 e. The number of hydrogen-bond acceptors (Lipinski definition) is 7. The maximum absolute atomic E-state index is 14.1. The molecule has 3 aromatic rings. The van der Waals surface area contributed by atoms with Crippen molar-refractivity contribution in [2.24, 2.45) is 0 Å². The number of para-hydroxylation sites is 1. The molecule has 2 fully saturated rings. The van der Waals surface area contributed by atoms with E-state index in [9.17, 15) is 9.18 Å². The van der Waals surface area contributed by atoms with Gasteiger partial charge in [0.25, 0.3) is 0 Å². The number of hydrogen-bond donors (Lipinski definition) is 0. The third-order valence-electron chi connectivity index (χ3n) is 7.05. The Hall–Kier alpha value is -3.53. The van der Waals surface area contributed by atoms with E-state index in [0.29, 0.717) is 63.7 Å². The lowest BCUT2D eigenvalue weighted by Gasteiger charge is -2.36. The first-order valence-corrected chi connectivity index (χ1v) is 12.5. The normalized spacial score (nSPS) is 16.5. The lowest BCUT2D eigenvalue weighted by molar-refractivity contribution is -0.131. The van der Waals surface area contributed by atoms with Gasteiger partial charge in [-0.1, -0.05) is 12.1 Å². The summed E-state index contributed by atoms with van der Waals surface area (Å²) >= 11 is 0. The Balaban J connectivity index is 1.21. The Labute approximate surface area is 210 Å². The number of piperazine rings is 1. The lowest BCUT2D eigenvalue weighted by atomic mass is 10.1. The molecule has 36 heavy (non-hydrogen) atoms. The van der Waals surface area contributed by atoms with Gasteiger partial charge < -0.3 is 19.4 Å².